The van der Waals surface area contributed by atoms with Gasteiger partial charge in [0, 0.05) is 38.2 Å². The first kappa shape index (κ1) is 14.6. The lowest BCUT2D eigenvalue weighted by atomic mass is 10.00. The van der Waals surface area contributed by atoms with E-state index in [2.05, 4.69) is 4.98 Å². The second kappa shape index (κ2) is 5.84. The molecule has 2 fully saturated rings. The van der Waals surface area contributed by atoms with Crippen LogP contribution < -0.4 is 0 Å². The Balaban J connectivity index is 1.71. The molecule has 2 aliphatic rings. The maximum atomic E-state index is 12.4. The topological polar surface area (TPSA) is 79.8 Å². The molecule has 2 aliphatic heterocycles. The Kier molecular flexibility index (Phi) is 3.89. The molecule has 0 spiro atoms. The number of rotatable bonds is 4. The van der Waals surface area contributed by atoms with E-state index < -0.39 is 11.8 Å². The number of amides is 3. The molecule has 2 saturated heterocycles. The zero-order valence-corrected chi connectivity index (χ0v) is 12.3. The fraction of sp³-hybridized carbons (Fsp3) is 0.467. The lowest BCUT2D eigenvalue weighted by Gasteiger charge is -2.20. The van der Waals surface area contributed by atoms with E-state index in [-0.39, 0.29) is 24.3 Å². The number of hydrogen-bond acceptors (Lipinski definition) is 5. The molecule has 7 nitrogen and oxygen atoms in total. The molecule has 0 saturated carbocycles. The smallest absolute Gasteiger partial charge is 0.254 e. The third-order valence-corrected chi connectivity index (χ3v) is 4.22. The lowest BCUT2D eigenvalue weighted by Crippen LogP contribution is -2.39. The lowest BCUT2D eigenvalue weighted by molar-refractivity contribution is -0.141. The number of nitrogens with zero attached hydrogens (tertiary/aromatic N) is 3. The predicted octanol–water partition coefficient (Wildman–Crippen LogP) is -0.215. The van der Waals surface area contributed by atoms with Crippen LogP contribution in [0, 0.1) is 11.8 Å². The Labute approximate surface area is 127 Å². The van der Waals surface area contributed by atoms with Crippen molar-refractivity contribution in [1.82, 2.24) is 14.8 Å². The minimum Gasteiger partial charge on any atom is -0.383 e. The molecule has 0 aliphatic carbocycles. The summed E-state index contributed by atoms with van der Waals surface area (Å²) in [5.74, 6) is -1.40. The highest BCUT2D eigenvalue weighted by Gasteiger charge is 2.53. The normalized spacial score (nSPS) is 24.0. The van der Waals surface area contributed by atoms with Gasteiger partial charge in [0.15, 0.2) is 0 Å². The highest BCUT2D eigenvalue weighted by atomic mass is 16.5. The van der Waals surface area contributed by atoms with Crippen molar-refractivity contribution >= 4 is 17.7 Å². The maximum Gasteiger partial charge on any atom is 0.254 e. The van der Waals surface area contributed by atoms with Crippen LogP contribution in [0.25, 0.3) is 0 Å². The Bertz CT molecular complexity index is 580. The summed E-state index contributed by atoms with van der Waals surface area (Å²) in [7, 11) is 1.53. The number of carbonyl (C=O) groups excluding carboxylic acids is 3. The molecular formula is C15H17N3O4. The van der Waals surface area contributed by atoms with E-state index in [0.29, 0.717) is 25.3 Å². The van der Waals surface area contributed by atoms with Crippen LogP contribution in [0.3, 0.4) is 0 Å². The van der Waals surface area contributed by atoms with Crippen molar-refractivity contribution in [2.24, 2.45) is 11.8 Å². The van der Waals surface area contributed by atoms with Gasteiger partial charge in [0.05, 0.1) is 25.0 Å². The van der Waals surface area contributed by atoms with Crippen molar-refractivity contribution in [1.29, 1.82) is 0 Å². The van der Waals surface area contributed by atoms with Crippen molar-refractivity contribution in [3.63, 3.8) is 0 Å². The summed E-state index contributed by atoms with van der Waals surface area (Å²) >= 11 is 0. The second-order valence-electron chi connectivity index (χ2n) is 5.48. The summed E-state index contributed by atoms with van der Waals surface area (Å²) in [6, 6.07) is 3.26. The van der Waals surface area contributed by atoms with Crippen LogP contribution in [0.2, 0.25) is 0 Å². The van der Waals surface area contributed by atoms with Gasteiger partial charge in [-0.2, -0.15) is 0 Å². The average molecular weight is 303 g/mol. The molecule has 0 bridgehead atoms. The van der Waals surface area contributed by atoms with Gasteiger partial charge >= 0.3 is 0 Å². The zero-order chi connectivity index (χ0) is 15.7. The van der Waals surface area contributed by atoms with E-state index in [1.54, 1.807) is 29.4 Å². The van der Waals surface area contributed by atoms with Crippen molar-refractivity contribution in [2.75, 3.05) is 33.4 Å². The van der Waals surface area contributed by atoms with Gasteiger partial charge in [-0.3, -0.25) is 24.3 Å². The fourth-order valence-electron chi connectivity index (χ4n) is 3.06. The van der Waals surface area contributed by atoms with E-state index in [0.717, 1.165) is 0 Å². The predicted molar refractivity (Wildman–Crippen MR) is 75.7 cm³/mol. The van der Waals surface area contributed by atoms with Crippen molar-refractivity contribution in [2.45, 2.75) is 0 Å². The van der Waals surface area contributed by atoms with Gasteiger partial charge in [-0.05, 0) is 12.1 Å². The number of imide groups is 1. The van der Waals surface area contributed by atoms with E-state index in [9.17, 15) is 14.4 Å². The average Bonchev–Trinajstić information content (AvgIpc) is 3.07. The number of ether oxygens (including phenoxy) is 1. The fourth-order valence-corrected chi connectivity index (χ4v) is 3.06. The van der Waals surface area contributed by atoms with E-state index in [1.807, 2.05) is 0 Å². The van der Waals surface area contributed by atoms with Gasteiger partial charge in [-0.25, -0.2) is 0 Å². The third-order valence-electron chi connectivity index (χ3n) is 4.22. The van der Waals surface area contributed by atoms with Gasteiger partial charge in [-0.1, -0.05) is 0 Å². The van der Waals surface area contributed by atoms with Crippen LogP contribution in [-0.4, -0.2) is 65.9 Å². The molecule has 2 atom stereocenters. The first-order valence-electron chi connectivity index (χ1n) is 7.17. The molecule has 3 amide bonds. The first-order chi connectivity index (χ1) is 10.6. The molecule has 0 unspecified atom stereocenters. The largest absolute Gasteiger partial charge is 0.383 e. The standard InChI is InChI=1S/C15H17N3O4/c1-22-7-6-18-14(20)11-8-17(9-12(11)15(18)21)13(19)10-2-4-16-5-3-10/h2-5,11-12H,6-9H2,1H3/t11-,12+. The Morgan fingerprint density at radius 2 is 1.82 bits per heavy atom. The van der Waals surface area contributed by atoms with E-state index in [4.69, 9.17) is 4.74 Å². The SMILES string of the molecule is COCCN1C(=O)[C@H]2CN(C(=O)c3ccncc3)C[C@H]2C1=O. The van der Waals surface area contributed by atoms with E-state index >= 15 is 0 Å². The molecule has 0 aromatic carbocycles. The van der Waals surface area contributed by atoms with Crippen LogP contribution >= 0.6 is 0 Å². The quantitative estimate of drug-likeness (QED) is 0.719. The summed E-state index contributed by atoms with van der Waals surface area (Å²) < 4.78 is 4.92. The van der Waals surface area contributed by atoms with Crippen molar-refractivity contribution in [3.05, 3.63) is 30.1 Å². The number of aromatic nitrogens is 1. The highest BCUT2D eigenvalue weighted by molar-refractivity contribution is 6.07. The Hall–Kier alpha value is -2.28. The van der Waals surface area contributed by atoms with Crippen LogP contribution in [0.4, 0.5) is 0 Å². The molecular weight excluding hydrogens is 286 g/mol. The number of pyridine rings is 1. The number of likely N-dealkylation sites (tertiary alicyclic amines) is 2. The molecule has 1 aromatic heterocycles. The molecule has 0 N–H and O–H groups in total. The summed E-state index contributed by atoms with van der Waals surface area (Å²) in [4.78, 5) is 43.7. The maximum absolute atomic E-state index is 12.4. The summed E-state index contributed by atoms with van der Waals surface area (Å²) in [6.07, 6.45) is 3.10. The van der Waals surface area contributed by atoms with Gasteiger partial charge < -0.3 is 9.64 Å². The van der Waals surface area contributed by atoms with Gasteiger partial charge in [0.1, 0.15) is 0 Å². The van der Waals surface area contributed by atoms with Crippen molar-refractivity contribution in [3.8, 4) is 0 Å². The first-order valence-corrected chi connectivity index (χ1v) is 7.17. The van der Waals surface area contributed by atoms with Gasteiger partial charge in [0.25, 0.3) is 5.91 Å². The van der Waals surface area contributed by atoms with Crippen LogP contribution in [0.1, 0.15) is 10.4 Å². The molecule has 116 valence electrons. The zero-order valence-electron chi connectivity index (χ0n) is 12.3. The molecule has 7 heteroatoms. The summed E-state index contributed by atoms with van der Waals surface area (Å²) in [5.41, 5.74) is 0.520. The Morgan fingerprint density at radius 3 is 2.36 bits per heavy atom. The second-order valence-corrected chi connectivity index (χ2v) is 5.48. The van der Waals surface area contributed by atoms with Crippen LogP contribution in [-0.2, 0) is 14.3 Å². The number of fused-ring (bicyclic) bond motifs is 1. The molecule has 22 heavy (non-hydrogen) atoms. The van der Waals surface area contributed by atoms with E-state index in [1.165, 1.54) is 12.0 Å². The monoisotopic (exact) mass is 303 g/mol. The molecule has 3 heterocycles. The molecule has 1 aromatic rings. The number of carbonyl (C=O) groups is 3. The number of methoxy groups -OCH3 is 1. The van der Waals surface area contributed by atoms with Crippen molar-refractivity contribution < 1.29 is 19.1 Å². The summed E-state index contributed by atoms with van der Waals surface area (Å²) in [6.45, 7) is 1.19. The highest BCUT2D eigenvalue weighted by Crippen LogP contribution is 2.33. The Morgan fingerprint density at radius 1 is 1.23 bits per heavy atom. The molecule has 3 rings (SSSR count). The van der Waals surface area contributed by atoms with Crippen LogP contribution in [0.5, 0.6) is 0 Å². The third kappa shape index (κ3) is 2.37. The summed E-state index contributed by atoms with van der Waals surface area (Å²) in [5, 5.41) is 0. The minimum atomic E-state index is -0.421. The molecule has 0 radical (unpaired) electrons. The van der Waals surface area contributed by atoms with Gasteiger partial charge in [0.2, 0.25) is 11.8 Å². The van der Waals surface area contributed by atoms with Crippen LogP contribution in [0.15, 0.2) is 24.5 Å². The van der Waals surface area contributed by atoms with Gasteiger partial charge in [-0.15, -0.1) is 0 Å². The number of hydrogen-bond donors (Lipinski definition) is 0. The minimum absolute atomic E-state index is 0.166.